The minimum atomic E-state index is -3.31. The molecule has 1 N–H and O–H groups in total. The minimum absolute atomic E-state index is 0.222. The molecule has 0 heterocycles. The van der Waals surface area contributed by atoms with Crippen molar-refractivity contribution in [3.05, 3.63) is 28.8 Å². The van der Waals surface area contributed by atoms with Crippen molar-refractivity contribution < 1.29 is 8.42 Å². The lowest BCUT2D eigenvalue weighted by molar-refractivity contribution is 0.587. The fourth-order valence-electron chi connectivity index (χ4n) is 1.73. The first kappa shape index (κ1) is 15.5. The summed E-state index contributed by atoms with van der Waals surface area (Å²) in [6.45, 7) is 6.21. The Kier molecular flexibility index (Phi) is 5.20. The number of sulfone groups is 1. The van der Waals surface area contributed by atoms with Crippen molar-refractivity contribution in [2.45, 2.75) is 36.8 Å². The largest absolute Gasteiger partial charge is 0.319 e. The molecule has 102 valence electrons. The fourth-order valence-corrected chi connectivity index (χ4v) is 3.34. The van der Waals surface area contributed by atoms with Crippen LogP contribution in [-0.4, -0.2) is 27.3 Å². The Hall–Kier alpha value is -0.580. The van der Waals surface area contributed by atoms with Gasteiger partial charge in [0.05, 0.1) is 15.2 Å². The van der Waals surface area contributed by atoms with Gasteiger partial charge in [-0.3, -0.25) is 0 Å². The highest BCUT2D eigenvalue weighted by molar-refractivity contribution is 7.92. The highest BCUT2D eigenvalue weighted by atomic mass is 35.5. The Morgan fingerprint density at radius 1 is 1.28 bits per heavy atom. The van der Waals surface area contributed by atoms with Crippen molar-refractivity contribution in [1.82, 2.24) is 5.32 Å². The quantitative estimate of drug-likeness (QED) is 0.907. The molecule has 0 spiro atoms. The average molecular weight is 290 g/mol. The molecule has 18 heavy (non-hydrogen) atoms. The molecule has 1 unspecified atom stereocenters. The molecule has 0 bridgehead atoms. The lowest BCUT2D eigenvalue weighted by Gasteiger charge is -2.14. The molecule has 0 aliphatic heterocycles. The molecule has 3 nitrogen and oxygen atoms in total. The van der Waals surface area contributed by atoms with Crippen LogP contribution in [0, 0.1) is 0 Å². The number of benzene rings is 1. The van der Waals surface area contributed by atoms with Gasteiger partial charge in [-0.15, -0.1) is 0 Å². The molecule has 1 atom stereocenters. The first-order chi connectivity index (χ1) is 8.30. The molecule has 0 amide bonds. The van der Waals surface area contributed by atoms with Crippen molar-refractivity contribution in [1.29, 1.82) is 0 Å². The van der Waals surface area contributed by atoms with E-state index in [-0.39, 0.29) is 4.90 Å². The van der Waals surface area contributed by atoms with E-state index in [4.69, 9.17) is 11.6 Å². The second-order valence-electron chi connectivity index (χ2n) is 4.74. The maximum Gasteiger partial charge on any atom is 0.182 e. The number of hydrogen-bond acceptors (Lipinski definition) is 3. The molecule has 0 fully saturated rings. The number of halogens is 1. The molecule has 0 aliphatic carbocycles. The van der Waals surface area contributed by atoms with Crippen LogP contribution in [0.25, 0.3) is 0 Å². The van der Waals surface area contributed by atoms with Crippen LogP contribution < -0.4 is 5.32 Å². The summed E-state index contributed by atoms with van der Waals surface area (Å²) in [6.07, 6.45) is 0. The maximum absolute atomic E-state index is 12.1. The zero-order valence-corrected chi connectivity index (χ0v) is 12.8. The SMILES string of the molecule is CNCC(C)c1ccc(S(=O)(=O)C(C)C)c(Cl)c1. The van der Waals surface area contributed by atoms with E-state index in [9.17, 15) is 8.42 Å². The van der Waals surface area contributed by atoms with Crippen molar-refractivity contribution in [2.24, 2.45) is 0 Å². The summed E-state index contributed by atoms with van der Waals surface area (Å²) in [5.41, 5.74) is 1.04. The molecular formula is C13H20ClNO2S. The van der Waals surface area contributed by atoms with Gasteiger partial charge in [-0.05, 0) is 44.5 Å². The molecule has 0 radical (unpaired) electrons. The lowest BCUT2D eigenvalue weighted by Crippen LogP contribution is -2.16. The van der Waals surface area contributed by atoms with Gasteiger partial charge in [0.1, 0.15) is 0 Å². The second kappa shape index (κ2) is 6.04. The summed E-state index contributed by atoms with van der Waals surface area (Å²) in [5.74, 6) is 0.295. The van der Waals surface area contributed by atoms with Gasteiger partial charge in [0.2, 0.25) is 0 Å². The van der Waals surface area contributed by atoms with Gasteiger partial charge in [-0.2, -0.15) is 0 Å². The second-order valence-corrected chi connectivity index (χ2v) is 7.62. The van der Waals surface area contributed by atoms with E-state index < -0.39 is 15.1 Å². The van der Waals surface area contributed by atoms with Gasteiger partial charge in [0, 0.05) is 6.54 Å². The summed E-state index contributed by atoms with van der Waals surface area (Å²) in [6, 6.07) is 5.20. The zero-order valence-electron chi connectivity index (χ0n) is 11.2. The van der Waals surface area contributed by atoms with E-state index >= 15 is 0 Å². The van der Waals surface area contributed by atoms with Crippen LogP contribution in [-0.2, 0) is 9.84 Å². The third-order valence-corrected chi connectivity index (χ3v) is 5.60. The molecule has 0 saturated heterocycles. The van der Waals surface area contributed by atoms with E-state index in [2.05, 4.69) is 12.2 Å². The van der Waals surface area contributed by atoms with E-state index in [0.717, 1.165) is 12.1 Å². The van der Waals surface area contributed by atoms with Gasteiger partial charge < -0.3 is 5.32 Å². The first-order valence-corrected chi connectivity index (χ1v) is 7.91. The number of hydrogen-bond donors (Lipinski definition) is 1. The van der Waals surface area contributed by atoms with Gasteiger partial charge in [0.15, 0.2) is 9.84 Å². The number of likely N-dealkylation sites (N-methyl/N-ethyl adjacent to an activating group) is 1. The lowest BCUT2D eigenvalue weighted by atomic mass is 10.0. The van der Waals surface area contributed by atoms with Crippen molar-refractivity contribution in [3.63, 3.8) is 0 Å². The molecule has 1 aromatic carbocycles. The summed E-state index contributed by atoms with van der Waals surface area (Å²) < 4.78 is 24.1. The zero-order chi connectivity index (χ0) is 13.9. The van der Waals surface area contributed by atoms with Crippen LogP contribution in [0.1, 0.15) is 32.3 Å². The Morgan fingerprint density at radius 2 is 1.89 bits per heavy atom. The highest BCUT2D eigenvalue weighted by Gasteiger charge is 2.22. The predicted molar refractivity (Wildman–Crippen MR) is 76.1 cm³/mol. The van der Waals surface area contributed by atoms with Gasteiger partial charge in [0.25, 0.3) is 0 Å². The molecule has 1 aromatic rings. The minimum Gasteiger partial charge on any atom is -0.319 e. The Labute approximate surface area is 114 Å². The smallest absolute Gasteiger partial charge is 0.182 e. The van der Waals surface area contributed by atoms with Crippen LogP contribution in [0.5, 0.6) is 0 Å². The molecule has 0 aromatic heterocycles. The Balaban J connectivity index is 3.15. The standard InChI is InChI=1S/C13H20ClNO2S/c1-9(2)18(16,17)13-6-5-11(7-12(13)14)10(3)8-15-4/h5-7,9-10,15H,8H2,1-4H3. The van der Waals surface area contributed by atoms with E-state index in [1.807, 2.05) is 13.1 Å². The van der Waals surface area contributed by atoms with E-state index in [1.54, 1.807) is 26.0 Å². The van der Waals surface area contributed by atoms with Gasteiger partial charge in [-0.25, -0.2) is 8.42 Å². The summed E-state index contributed by atoms with van der Waals surface area (Å²) >= 11 is 6.10. The van der Waals surface area contributed by atoms with Gasteiger partial charge in [-0.1, -0.05) is 24.6 Å². The highest BCUT2D eigenvalue weighted by Crippen LogP contribution is 2.28. The average Bonchev–Trinajstić information content (AvgIpc) is 2.28. The number of rotatable bonds is 5. The summed E-state index contributed by atoms with van der Waals surface area (Å²) in [4.78, 5) is 0.222. The van der Waals surface area contributed by atoms with E-state index in [1.165, 1.54) is 0 Å². The first-order valence-electron chi connectivity index (χ1n) is 5.98. The number of nitrogens with one attached hydrogen (secondary N) is 1. The van der Waals surface area contributed by atoms with Crippen molar-refractivity contribution in [2.75, 3.05) is 13.6 Å². The molecular weight excluding hydrogens is 270 g/mol. The van der Waals surface area contributed by atoms with E-state index in [0.29, 0.717) is 10.9 Å². The summed E-state index contributed by atoms with van der Waals surface area (Å²) in [7, 11) is -1.43. The third kappa shape index (κ3) is 3.25. The molecule has 5 heteroatoms. The van der Waals surface area contributed by atoms with Crippen LogP contribution >= 0.6 is 11.6 Å². The van der Waals surface area contributed by atoms with Crippen LogP contribution in [0.2, 0.25) is 5.02 Å². The topological polar surface area (TPSA) is 46.2 Å². The van der Waals surface area contributed by atoms with Crippen LogP contribution in [0.4, 0.5) is 0 Å². The maximum atomic E-state index is 12.1. The summed E-state index contributed by atoms with van der Waals surface area (Å²) in [5, 5.41) is 2.93. The molecule has 0 aliphatic rings. The third-order valence-electron chi connectivity index (χ3n) is 2.96. The van der Waals surface area contributed by atoms with Gasteiger partial charge >= 0.3 is 0 Å². The Morgan fingerprint density at radius 3 is 2.33 bits per heavy atom. The predicted octanol–water partition coefficient (Wildman–Crippen LogP) is 2.85. The van der Waals surface area contributed by atoms with Crippen LogP contribution in [0.15, 0.2) is 23.1 Å². The molecule has 1 rings (SSSR count). The fraction of sp³-hybridized carbons (Fsp3) is 0.538. The van der Waals surface area contributed by atoms with Crippen molar-refractivity contribution >= 4 is 21.4 Å². The Bertz CT molecular complexity index is 512. The van der Waals surface area contributed by atoms with Crippen LogP contribution in [0.3, 0.4) is 0 Å². The molecule has 0 saturated carbocycles. The normalized spacial score (nSPS) is 13.9. The monoisotopic (exact) mass is 289 g/mol. The van der Waals surface area contributed by atoms with Crippen molar-refractivity contribution in [3.8, 4) is 0 Å².